The molecule has 1 aliphatic heterocycles. The number of benzene rings is 1. The zero-order valence-corrected chi connectivity index (χ0v) is 17.7. The predicted octanol–water partition coefficient (Wildman–Crippen LogP) is 4.47. The summed E-state index contributed by atoms with van der Waals surface area (Å²) in [7, 11) is 1.54. The van der Waals surface area contributed by atoms with E-state index in [0.717, 1.165) is 11.3 Å². The molecule has 1 aromatic heterocycles. The van der Waals surface area contributed by atoms with E-state index in [4.69, 9.17) is 16.3 Å². The molecule has 0 aliphatic carbocycles. The summed E-state index contributed by atoms with van der Waals surface area (Å²) in [5, 5.41) is -0.0899. The van der Waals surface area contributed by atoms with Crippen molar-refractivity contribution in [2.75, 3.05) is 23.5 Å². The van der Waals surface area contributed by atoms with Crippen molar-refractivity contribution < 1.29 is 18.7 Å². The molecule has 1 aromatic carbocycles. The number of rotatable bonds is 3. The lowest BCUT2D eigenvalue weighted by molar-refractivity contribution is -0.119. The third kappa shape index (κ3) is 4.19. The zero-order chi connectivity index (χ0) is 21.5. The van der Waals surface area contributed by atoms with Crippen molar-refractivity contribution in [2.45, 2.75) is 39.2 Å². The minimum Gasteiger partial charge on any atom is -0.446 e. The van der Waals surface area contributed by atoms with Crippen LogP contribution in [-0.4, -0.2) is 36.7 Å². The van der Waals surface area contributed by atoms with Gasteiger partial charge in [-0.05, 0) is 48.2 Å². The molecule has 2 amide bonds. The fourth-order valence-corrected chi connectivity index (χ4v) is 3.28. The summed E-state index contributed by atoms with van der Waals surface area (Å²) in [4.78, 5) is 32.6. The van der Waals surface area contributed by atoms with Crippen molar-refractivity contribution >= 4 is 35.1 Å². The molecule has 0 N–H and O–H groups in total. The number of amides is 2. The van der Waals surface area contributed by atoms with Crippen LogP contribution in [0.5, 0.6) is 0 Å². The van der Waals surface area contributed by atoms with Crippen LogP contribution in [0.2, 0.25) is 5.02 Å². The summed E-state index contributed by atoms with van der Waals surface area (Å²) >= 11 is 5.84. The van der Waals surface area contributed by atoms with E-state index < -0.39 is 18.0 Å². The van der Waals surface area contributed by atoms with Gasteiger partial charge >= 0.3 is 6.09 Å². The molecule has 29 heavy (non-hydrogen) atoms. The van der Waals surface area contributed by atoms with Gasteiger partial charge in [-0.3, -0.25) is 4.79 Å². The first-order valence-electron chi connectivity index (χ1n) is 9.17. The maximum atomic E-state index is 13.5. The van der Waals surface area contributed by atoms with Crippen molar-refractivity contribution in [3.63, 3.8) is 0 Å². The van der Waals surface area contributed by atoms with Crippen LogP contribution in [0.4, 0.5) is 20.7 Å². The summed E-state index contributed by atoms with van der Waals surface area (Å²) < 4.78 is 18.6. The molecule has 0 radical (unpaired) electrons. The van der Waals surface area contributed by atoms with Crippen molar-refractivity contribution in [2.24, 2.45) is 0 Å². The predicted molar refractivity (Wildman–Crippen MR) is 110 cm³/mol. The van der Waals surface area contributed by atoms with E-state index in [-0.39, 0.29) is 23.0 Å². The van der Waals surface area contributed by atoms with E-state index in [0.29, 0.717) is 11.5 Å². The Balaban J connectivity index is 1.95. The third-order valence-corrected chi connectivity index (χ3v) is 5.12. The number of hydrogen-bond acceptors (Lipinski definition) is 4. The number of carbonyl (C=O) groups excluding carboxylic acids is 2. The first kappa shape index (κ1) is 21.0. The fraction of sp³-hybridized carbons (Fsp3) is 0.381. The van der Waals surface area contributed by atoms with Gasteiger partial charge in [0, 0.05) is 18.4 Å². The van der Waals surface area contributed by atoms with Gasteiger partial charge in [-0.1, -0.05) is 32.4 Å². The molecule has 1 atom stereocenters. The summed E-state index contributed by atoms with van der Waals surface area (Å²) in [6.07, 6.45) is -0.633. The second-order valence-corrected chi connectivity index (χ2v) is 8.47. The van der Waals surface area contributed by atoms with Crippen LogP contribution in [0.25, 0.3) is 0 Å². The van der Waals surface area contributed by atoms with Crippen molar-refractivity contribution in [3.05, 3.63) is 52.4 Å². The number of cyclic esters (lactones) is 1. The van der Waals surface area contributed by atoms with E-state index in [1.165, 1.54) is 35.0 Å². The normalized spacial score (nSPS) is 16.7. The molecule has 0 saturated carbocycles. The van der Waals surface area contributed by atoms with Gasteiger partial charge in [0.15, 0.2) is 6.04 Å². The highest BCUT2D eigenvalue weighted by Gasteiger charge is 2.42. The zero-order valence-electron chi connectivity index (χ0n) is 17.0. The Labute approximate surface area is 174 Å². The van der Waals surface area contributed by atoms with E-state index in [1.54, 1.807) is 6.07 Å². The lowest BCUT2D eigenvalue weighted by Crippen LogP contribution is -2.47. The fourth-order valence-electron chi connectivity index (χ4n) is 3.11. The number of hydrogen-bond donors (Lipinski definition) is 0. The van der Waals surface area contributed by atoms with Crippen molar-refractivity contribution in [3.8, 4) is 0 Å². The number of aryl methyl sites for hydroxylation is 1. The van der Waals surface area contributed by atoms with Gasteiger partial charge in [0.2, 0.25) is 0 Å². The lowest BCUT2D eigenvalue weighted by Gasteiger charge is -2.27. The highest BCUT2D eigenvalue weighted by atomic mass is 35.5. The molecule has 2 aromatic rings. The van der Waals surface area contributed by atoms with Gasteiger partial charge in [0.1, 0.15) is 18.2 Å². The average molecular weight is 420 g/mol. The quantitative estimate of drug-likeness (QED) is 0.736. The van der Waals surface area contributed by atoms with E-state index in [2.05, 4.69) is 25.8 Å². The van der Waals surface area contributed by atoms with E-state index >= 15 is 0 Å². The SMILES string of the molecule is Cc1cc(C(C)(C)C)cc(N2C(=O)OC[C@H]2C(=O)N(C)c2ccc(F)c(Cl)c2)n1. The number of ether oxygens (including phenoxy) is 1. The summed E-state index contributed by atoms with van der Waals surface area (Å²) in [6.45, 7) is 7.91. The standard InChI is InChI=1S/C21H23ClFN3O3/c1-12-8-13(21(2,3)4)9-18(24-12)26-17(11-29-20(26)28)19(27)25(5)14-6-7-16(23)15(22)10-14/h6-10,17H,11H2,1-5H3/t17-/m0/s1. The molecule has 154 valence electrons. The topological polar surface area (TPSA) is 62.7 Å². The smallest absolute Gasteiger partial charge is 0.416 e. The average Bonchev–Trinajstić information content (AvgIpc) is 3.03. The van der Waals surface area contributed by atoms with Crippen LogP contribution >= 0.6 is 11.6 Å². The summed E-state index contributed by atoms with van der Waals surface area (Å²) in [5.41, 5.74) is 1.97. The minimum absolute atomic E-state index is 0.0899. The van der Waals surface area contributed by atoms with Gasteiger partial charge in [-0.25, -0.2) is 19.1 Å². The van der Waals surface area contributed by atoms with Crippen LogP contribution in [0.3, 0.4) is 0 Å². The highest BCUT2D eigenvalue weighted by molar-refractivity contribution is 6.31. The Kier molecular flexibility index (Phi) is 5.54. The van der Waals surface area contributed by atoms with Crippen molar-refractivity contribution in [1.29, 1.82) is 0 Å². The summed E-state index contributed by atoms with van der Waals surface area (Å²) in [6, 6.07) is 6.86. The molecule has 0 bridgehead atoms. The molecule has 1 aliphatic rings. The van der Waals surface area contributed by atoms with E-state index in [1.807, 2.05) is 13.0 Å². The number of nitrogens with zero attached hydrogens (tertiary/aromatic N) is 3. The van der Waals surface area contributed by atoms with Crippen LogP contribution in [0.1, 0.15) is 32.0 Å². The maximum Gasteiger partial charge on any atom is 0.416 e. The Hall–Kier alpha value is -2.67. The molecule has 6 nitrogen and oxygen atoms in total. The summed E-state index contributed by atoms with van der Waals surface area (Å²) in [5.74, 6) is -0.601. The maximum absolute atomic E-state index is 13.5. The molecular formula is C21H23ClFN3O3. The minimum atomic E-state index is -0.890. The monoisotopic (exact) mass is 419 g/mol. The highest BCUT2D eigenvalue weighted by Crippen LogP contribution is 2.30. The third-order valence-electron chi connectivity index (χ3n) is 4.83. The molecular weight excluding hydrogens is 397 g/mol. The first-order valence-corrected chi connectivity index (χ1v) is 9.54. The van der Waals surface area contributed by atoms with Crippen molar-refractivity contribution in [1.82, 2.24) is 4.98 Å². The van der Waals surface area contributed by atoms with Gasteiger partial charge in [0.25, 0.3) is 5.91 Å². The van der Waals surface area contributed by atoms with Gasteiger partial charge in [-0.15, -0.1) is 0 Å². The molecule has 1 saturated heterocycles. The molecule has 3 rings (SSSR count). The number of likely N-dealkylation sites (N-methyl/N-ethyl adjacent to an activating group) is 1. The Morgan fingerprint density at radius 2 is 2.00 bits per heavy atom. The molecule has 2 heterocycles. The number of carbonyl (C=O) groups is 2. The van der Waals surface area contributed by atoms with Crippen LogP contribution in [-0.2, 0) is 14.9 Å². The van der Waals surface area contributed by atoms with Crippen LogP contribution in [0, 0.1) is 12.7 Å². The lowest BCUT2D eigenvalue weighted by atomic mass is 9.87. The second kappa shape index (κ2) is 7.63. The second-order valence-electron chi connectivity index (χ2n) is 8.06. The largest absolute Gasteiger partial charge is 0.446 e. The number of pyridine rings is 1. The van der Waals surface area contributed by atoms with Crippen LogP contribution in [0.15, 0.2) is 30.3 Å². The molecule has 0 unspecified atom stereocenters. The van der Waals surface area contributed by atoms with E-state index in [9.17, 15) is 14.0 Å². The first-order chi connectivity index (χ1) is 13.5. The van der Waals surface area contributed by atoms with Gasteiger partial charge < -0.3 is 9.64 Å². The van der Waals surface area contributed by atoms with Crippen LogP contribution < -0.4 is 9.80 Å². The van der Waals surface area contributed by atoms with Gasteiger partial charge in [-0.2, -0.15) is 0 Å². The van der Waals surface area contributed by atoms with Gasteiger partial charge in [0.05, 0.1) is 5.02 Å². The number of anilines is 2. The Bertz CT molecular complexity index is 974. The Morgan fingerprint density at radius 3 is 2.62 bits per heavy atom. The molecule has 0 spiro atoms. The molecule has 1 fully saturated rings. The number of halogens is 2. The number of aromatic nitrogens is 1. The molecule has 8 heteroatoms. The Morgan fingerprint density at radius 1 is 1.31 bits per heavy atom.